The van der Waals surface area contributed by atoms with Gasteiger partial charge in [-0.3, -0.25) is 9.78 Å². The Morgan fingerprint density at radius 2 is 2.00 bits per heavy atom. The molecule has 2 rings (SSSR count). The third kappa shape index (κ3) is 3.79. The zero-order valence-electron chi connectivity index (χ0n) is 12.1. The first-order chi connectivity index (χ1) is 9.78. The van der Waals surface area contributed by atoms with E-state index in [0.717, 1.165) is 0 Å². The van der Waals surface area contributed by atoms with Gasteiger partial charge in [0.15, 0.2) is 0 Å². The van der Waals surface area contributed by atoms with Crippen LogP contribution in [-0.4, -0.2) is 16.4 Å². The van der Waals surface area contributed by atoms with Crippen molar-refractivity contribution >= 4 is 17.5 Å². The SMILES string of the molecule is CC(C)(C)NC(=O)c1ccc(-c2ncccc2Cl)cc1F. The number of hydrogen-bond donors (Lipinski definition) is 1. The summed E-state index contributed by atoms with van der Waals surface area (Å²) in [5.41, 5.74) is 0.596. The number of aromatic nitrogens is 1. The second-order valence-corrected chi connectivity index (χ2v) is 6.14. The molecule has 0 fully saturated rings. The summed E-state index contributed by atoms with van der Waals surface area (Å²) in [5.74, 6) is -1.05. The highest BCUT2D eigenvalue weighted by molar-refractivity contribution is 6.33. The molecule has 0 radical (unpaired) electrons. The lowest BCUT2D eigenvalue weighted by Gasteiger charge is -2.20. The van der Waals surface area contributed by atoms with Gasteiger partial charge < -0.3 is 5.32 Å². The van der Waals surface area contributed by atoms with Crippen LogP contribution in [0.4, 0.5) is 4.39 Å². The van der Waals surface area contributed by atoms with Gasteiger partial charge in [-0.15, -0.1) is 0 Å². The average Bonchev–Trinajstić information content (AvgIpc) is 2.37. The Kier molecular flexibility index (Phi) is 4.28. The van der Waals surface area contributed by atoms with Gasteiger partial charge in [-0.25, -0.2) is 4.39 Å². The number of carbonyl (C=O) groups excluding carboxylic acids is 1. The Morgan fingerprint density at radius 1 is 1.29 bits per heavy atom. The van der Waals surface area contributed by atoms with Crippen LogP contribution in [0.3, 0.4) is 0 Å². The van der Waals surface area contributed by atoms with Crippen molar-refractivity contribution in [3.63, 3.8) is 0 Å². The number of halogens is 2. The van der Waals surface area contributed by atoms with E-state index in [1.807, 2.05) is 20.8 Å². The standard InChI is InChI=1S/C16H16ClFN2O/c1-16(2,3)20-15(21)11-7-6-10(9-13(11)18)14-12(17)5-4-8-19-14/h4-9H,1-3H3,(H,20,21). The Labute approximate surface area is 128 Å². The molecule has 110 valence electrons. The Bertz CT molecular complexity index is 680. The first-order valence-electron chi connectivity index (χ1n) is 6.51. The summed E-state index contributed by atoms with van der Waals surface area (Å²) in [6.45, 7) is 5.51. The molecule has 0 saturated heterocycles. The normalized spacial score (nSPS) is 11.3. The molecule has 0 aliphatic rings. The predicted molar refractivity (Wildman–Crippen MR) is 81.9 cm³/mol. The van der Waals surface area contributed by atoms with Crippen LogP contribution in [-0.2, 0) is 0 Å². The predicted octanol–water partition coefficient (Wildman–Crippen LogP) is 4.07. The van der Waals surface area contributed by atoms with Crippen LogP contribution in [0.2, 0.25) is 5.02 Å². The van der Waals surface area contributed by atoms with Crippen LogP contribution < -0.4 is 5.32 Å². The van der Waals surface area contributed by atoms with E-state index >= 15 is 0 Å². The van der Waals surface area contributed by atoms with E-state index in [1.54, 1.807) is 24.4 Å². The monoisotopic (exact) mass is 306 g/mol. The van der Waals surface area contributed by atoms with Crippen LogP contribution in [0.5, 0.6) is 0 Å². The largest absolute Gasteiger partial charge is 0.347 e. The second-order valence-electron chi connectivity index (χ2n) is 5.73. The minimum Gasteiger partial charge on any atom is -0.347 e. The van der Waals surface area contributed by atoms with E-state index in [1.165, 1.54) is 12.1 Å². The molecular weight excluding hydrogens is 291 g/mol. The van der Waals surface area contributed by atoms with E-state index in [4.69, 9.17) is 11.6 Å². The minimum atomic E-state index is -0.601. The number of nitrogens with one attached hydrogen (secondary N) is 1. The lowest BCUT2D eigenvalue weighted by molar-refractivity contribution is 0.0915. The van der Waals surface area contributed by atoms with Gasteiger partial charge in [0.1, 0.15) is 5.82 Å². The summed E-state index contributed by atoms with van der Waals surface area (Å²) in [6, 6.07) is 7.73. The van der Waals surface area contributed by atoms with E-state index in [2.05, 4.69) is 10.3 Å². The number of carbonyl (C=O) groups is 1. The van der Waals surface area contributed by atoms with Gasteiger partial charge in [0.25, 0.3) is 5.91 Å². The zero-order chi connectivity index (χ0) is 15.6. The van der Waals surface area contributed by atoms with Gasteiger partial charge >= 0.3 is 0 Å². The Balaban J connectivity index is 2.34. The Morgan fingerprint density at radius 3 is 2.57 bits per heavy atom. The number of rotatable bonds is 2. The molecule has 0 aliphatic carbocycles. The smallest absolute Gasteiger partial charge is 0.254 e. The highest BCUT2D eigenvalue weighted by atomic mass is 35.5. The van der Waals surface area contributed by atoms with Crippen LogP contribution in [0.1, 0.15) is 31.1 Å². The van der Waals surface area contributed by atoms with Crippen molar-refractivity contribution in [1.29, 1.82) is 0 Å². The molecule has 0 saturated carbocycles. The first kappa shape index (κ1) is 15.4. The third-order valence-electron chi connectivity index (χ3n) is 2.73. The molecular formula is C16H16ClFN2O. The molecule has 3 nitrogen and oxygen atoms in total. The number of pyridine rings is 1. The lowest BCUT2D eigenvalue weighted by Crippen LogP contribution is -2.40. The van der Waals surface area contributed by atoms with Gasteiger partial charge in [0.05, 0.1) is 16.3 Å². The molecule has 1 aromatic carbocycles. The average molecular weight is 307 g/mol. The molecule has 0 aliphatic heterocycles. The summed E-state index contributed by atoms with van der Waals surface area (Å²) in [6.07, 6.45) is 1.58. The molecule has 21 heavy (non-hydrogen) atoms. The van der Waals surface area contributed by atoms with Crippen LogP contribution in [0.15, 0.2) is 36.5 Å². The maximum Gasteiger partial charge on any atom is 0.254 e. The number of amides is 1. The molecule has 5 heteroatoms. The fourth-order valence-electron chi connectivity index (χ4n) is 1.85. The lowest BCUT2D eigenvalue weighted by atomic mass is 10.0. The molecule has 0 bridgehead atoms. The molecule has 2 aromatic rings. The van der Waals surface area contributed by atoms with E-state index in [-0.39, 0.29) is 5.56 Å². The second kappa shape index (κ2) is 5.82. The third-order valence-corrected chi connectivity index (χ3v) is 3.04. The van der Waals surface area contributed by atoms with E-state index < -0.39 is 17.3 Å². The van der Waals surface area contributed by atoms with Gasteiger partial charge in [-0.2, -0.15) is 0 Å². The van der Waals surface area contributed by atoms with Crippen molar-refractivity contribution in [1.82, 2.24) is 10.3 Å². The van der Waals surface area contributed by atoms with Gasteiger partial charge in [-0.1, -0.05) is 17.7 Å². The summed E-state index contributed by atoms with van der Waals surface area (Å²) in [5, 5.41) is 3.16. The molecule has 0 spiro atoms. The van der Waals surface area contributed by atoms with Crippen molar-refractivity contribution in [3.8, 4) is 11.3 Å². The summed E-state index contributed by atoms with van der Waals surface area (Å²) < 4.78 is 14.2. The molecule has 1 heterocycles. The van der Waals surface area contributed by atoms with Crippen LogP contribution >= 0.6 is 11.6 Å². The summed E-state index contributed by atoms with van der Waals surface area (Å²) >= 11 is 6.04. The zero-order valence-corrected chi connectivity index (χ0v) is 12.8. The van der Waals surface area contributed by atoms with E-state index in [9.17, 15) is 9.18 Å². The van der Waals surface area contributed by atoms with Crippen LogP contribution in [0, 0.1) is 5.82 Å². The van der Waals surface area contributed by atoms with E-state index in [0.29, 0.717) is 16.3 Å². The molecule has 1 aromatic heterocycles. The van der Waals surface area contributed by atoms with Gasteiger partial charge in [0.2, 0.25) is 0 Å². The van der Waals surface area contributed by atoms with Crippen molar-refractivity contribution in [3.05, 3.63) is 52.9 Å². The van der Waals surface area contributed by atoms with Gasteiger partial charge in [-0.05, 0) is 45.0 Å². The maximum atomic E-state index is 14.2. The molecule has 0 unspecified atom stereocenters. The summed E-state index contributed by atoms with van der Waals surface area (Å²) in [4.78, 5) is 16.1. The topological polar surface area (TPSA) is 42.0 Å². The minimum absolute atomic E-state index is 0.000675. The quantitative estimate of drug-likeness (QED) is 0.908. The number of nitrogens with zero attached hydrogens (tertiary/aromatic N) is 1. The van der Waals surface area contributed by atoms with Crippen molar-refractivity contribution < 1.29 is 9.18 Å². The number of benzene rings is 1. The van der Waals surface area contributed by atoms with Crippen LogP contribution in [0.25, 0.3) is 11.3 Å². The number of hydrogen-bond acceptors (Lipinski definition) is 2. The first-order valence-corrected chi connectivity index (χ1v) is 6.89. The summed E-state index contributed by atoms with van der Waals surface area (Å²) in [7, 11) is 0. The van der Waals surface area contributed by atoms with Crippen molar-refractivity contribution in [2.75, 3.05) is 0 Å². The Hall–Kier alpha value is -1.94. The highest BCUT2D eigenvalue weighted by Crippen LogP contribution is 2.26. The van der Waals surface area contributed by atoms with Gasteiger partial charge in [0, 0.05) is 17.3 Å². The maximum absolute atomic E-state index is 14.2. The highest BCUT2D eigenvalue weighted by Gasteiger charge is 2.19. The molecule has 0 atom stereocenters. The fraction of sp³-hybridized carbons (Fsp3) is 0.250. The van der Waals surface area contributed by atoms with Crippen molar-refractivity contribution in [2.45, 2.75) is 26.3 Å². The van der Waals surface area contributed by atoms with Crippen molar-refractivity contribution in [2.24, 2.45) is 0 Å². The molecule has 1 amide bonds. The fourth-order valence-corrected chi connectivity index (χ4v) is 2.08. The molecule has 1 N–H and O–H groups in total.